The maximum atomic E-state index is 13.2. The van der Waals surface area contributed by atoms with Gasteiger partial charge in [-0.2, -0.15) is 0 Å². The van der Waals surface area contributed by atoms with Crippen molar-refractivity contribution >= 4 is 21.6 Å². The zero-order valence-corrected chi connectivity index (χ0v) is 8.73. The Morgan fingerprint density at radius 1 is 1.62 bits per heavy atom. The Hall–Kier alpha value is -1.01. The highest BCUT2D eigenvalue weighted by Crippen LogP contribution is 2.19. The quantitative estimate of drug-likeness (QED) is 0.786. The van der Waals surface area contributed by atoms with Gasteiger partial charge in [-0.25, -0.2) is 4.39 Å². The van der Waals surface area contributed by atoms with Gasteiger partial charge in [-0.05, 0) is 25.1 Å². The molecule has 1 aromatic carbocycles. The van der Waals surface area contributed by atoms with Crippen LogP contribution >= 0.6 is 15.9 Å². The van der Waals surface area contributed by atoms with Gasteiger partial charge in [0.25, 0.3) is 0 Å². The highest BCUT2D eigenvalue weighted by Gasteiger charge is 2.03. The molecule has 0 heterocycles. The van der Waals surface area contributed by atoms with Crippen molar-refractivity contribution in [3.8, 4) is 12.3 Å². The molecule has 0 saturated carbocycles. The number of benzene rings is 1. The van der Waals surface area contributed by atoms with Gasteiger partial charge in [0.1, 0.15) is 5.82 Å². The molecule has 1 rings (SSSR count). The van der Waals surface area contributed by atoms with Gasteiger partial charge >= 0.3 is 0 Å². The summed E-state index contributed by atoms with van der Waals surface area (Å²) in [6, 6.07) is 4.63. The van der Waals surface area contributed by atoms with Gasteiger partial charge in [0.2, 0.25) is 0 Å². The van der Waals surface area contributed by atoms with Crippen LogP contribution in [0.25, 0.3) is 0 Å². The Bertz CT molecular complexity index is 343. The Balaban J connectivity index is 2.85. The molecule has 1 N–H and O–H groups in total. The number of hydrogen-bond donors (Lipinski definition) is 1. The van der Waals surface area contributed by atoms with Gasteiger partial charge in [0, 0.05) is 4.47 Å². The summed E-state index contributed by atoms with van der Waals surface area (Å²) in [5, 5.41) is 2.86. The molecule has 1 atom stereocenters. The lowest BCUT2D eigenvalue weighted by molar-refractivity contribution is 0.628. The van der Waals surface area contributed by atoms with Crippen LogP contribution in [0, 0.1) is 18.2 Å². The van der Waals surface area contributed by atoms with Crippen LogP contribution in [0.4, 0.5) is 10.1 Å². The summed E-state index contributed by atoms with van der Waals surface area (Å²) in [6.45, 7) is 1.79. The Morgan fingerprint density at radius 3 is 2.85 bits per heavy atom. The van der Waals surface area contributed by atoms with E-state index in [0.717, 1.165) is 0 Å². The molecule has 1 unspecified atom stereocenters. The second kappa shape index (κ2) is 4.29. The molecule has 0 amide bonds. The molecule has 0 aliphatic rings. The van der Waals surface area contributed by atoms with Gasteiger partial charge in [0.05, 0.1) is 11.7 Å². The van der Waals surface area contributed by atoms with E-state index in [1.807, 2.05) is 0 Å². The summed E-state index contributed by atoms with van der Waals surface area (Å²) in [4.78, 5) is 0. The average Bonchev–Trinajstić information content (AvgIpc) is 2.09. The first-order valence-electron chi connectivity index (χ1n) is 3.81. The van der Waals surface area contributed by atoms with E-state index in [9.17, 15) is 4.39 Å². The van der Waals surface area contributed by atoms with E-state index in [1.165, 1.54) is 6.07 Å². The van der Waals surface area contributed by atoms with E-state index >= 15 is 0 Å². The molecular weight excluding hydrogens is 233 g/mol. The Labute approximate surface area is 85.5 Å². The standard InChI is InChI=1S/C10H9BrFN/c1-3-7(2)13-10-5-4-8(11)6-9(10)12/h1,4-7,13H,2H3. The van der Waals surface area contributed by atoms with E-state index in [4.69, 9.17) is 6.42 Å². The van der Waals surface area contributed by atoms with Crippen molar-refractivity contribution in [1.82, 2.24) is 0 Å². The third-order valence-corrected chi connectivity index (χ3v) is 2.05. The zero-order valence-electron chi connectivity index (χ0n) is 7.14. The molecule has 0 aliphatic carbocycles. The van der Waals surface area contributed by atoms with Gasteiger partial charge in [-0.15, -0.1) is 6.42 Å². The van der Waals surface area contributed by atoms with Crippen molar-refractivity contribution < 1.29 is 4.39 Å². The van der Waals surface area contributed by atoms with Crippen molar-refractivity contribution in [2.75, 3.05) is 5.32 Å². The van der Waals surface area contributed by atoms with E-state index < -0.39 is 0 Å². The van der Waals surface area contributed by atoms with Crippen molar-refractivity contribution in [3.63, 3.8) is 0 Å². The van der Waals surface area contributed by atoms with E-state index in [-0.39, 0.29) is 11.9 Å². The monoisotopic (exact) mass is 241 g/mol. The smallest absolute Gasteiger partial charge is 0.147 e. The molecule has 1 aromatic rings. The average molecular weight is 242 g/mol. The highest BCUT2D eigenvalue weighted by atomic mass is 79.9. The summed E-state index contributed by atoms with van der Waals surface area (Å²) in [5.41, 5.74) is 0.425. The van der Waals surface area contributed by atoms with Crippen LogP contribution in [0.15, 0.2) is 22.7 Å². The number of anilines is 1. The van der Waals surface area contributed by atoms with Gasteiger partial charge < -0.3 is 5.32 Å². The van der Waals surface area contributed by atoms with Crippen molar-refractivity contribution in [2.24, 2.45) is 0 Å². The summed E-state index contributed by atoms with van der Waals surface area (Å²) in [5.74, 6) is 2.16. The molecule has 0 fully saturated rings. The van der Waals surface area contributed by atoms with E-state index in [0.29, 0.717) is 10.2 Å². The summed E-state index contributed by atoms with van der Waals surface area (Å²) >= 11 is 3.17. The fourth-order valence-electron chi connectivity index (χ4n) is 0.881. The van der Waals surface area contributed by atoms with Crippen molar-refractivity contribution in [1.29, 1.82) is 0 Å². The lowest BCUT2D eigenvalue weighted by Crippen LogP contribution is -2.12. The lowest BCUT2D eigenvalue weighted by atomic mass is 10.2. The van der Waals surface area contributed by atoms with Crippen LogP contribution in [0.5, 0.6) is 0 Å². The SMILES string of the molecule is C#CC(C)Nc1ccc(Br)cc1F. The number of terminal acetylenes is 1. The van der Waals surface area contributed by atoms with Gasteiger partial charge in [-0.3, -0.25) is 0 Å². The first-order chi connectivity index (χ1) is 6.13. The van der Waals surface area contributed by atoms with Crippen LogP contribution in [0.2, 0.25) is 0 Å². The minimum Gasteiger partial charge on any atom is -0.369 e. The first-order valence-corrected chi connectivity index (χ1v) is 4.60. The van der Waals surface area contributed by atoms with Crippen LogP contribution < -0.4 is 5.32 Å². The second-order valence-corrected chi connectivity index (χ2v) is 3.57. The number of hydrogen-bond acceptors (Lipinski definition) is 1. The molecule has 0 bridgehead atoms. The number of halogens is 2. The minimum atomic E-state index is -0.309. The zero-order chi connectivity index (χ0) is 9.84. The molecule has 1 nitrogen and oxygen atoms in total. The Morgan fingerprint density at radius 2 is 2.31 bits per heavy atom. The fraction of sp³-hybridized carbons (Fsp3) is 0.200. The fourth-order valence-corrected chi connectivity index (χ4v) is 1.21. The molecule has 13 heavy (non-hydrogen) atoms. The van der Waals surface area contributed by atoms with Crippen LogP contribution in [-0.4, -0.2) is 6.04 Å². The Kier molecular flexibility index (Phi) is 3.32. The molecule has 0 saturated heterocycles. The summed E-state index contributed by atoms with van der Waals surface area (Å²) in [6.07, 6.45) is 5.16. The normalized spacial score (nSPS) is 11.8. The first kappa shape index (κ1) is 10.1. The molecule has 0 aliphatic heterocycles. The molecule has 0 spiro atoms. The number of rotatable bonds is 2. The third-order valence-electron chi connectivity index (χ3n) is 1.55. The van der Waals surface area contributed by atoms with E-state index in [1.54, 1.807) is 19.1 Å². The number of nitrogens with one attached hydrogen (secondary N) is 1. The molecule has 0 radical (unpaired) electrons. The highest BCUT2D eigenvalue weighted by molar-refractivity contribution is 9.10. The second-order valence-electron chi connectivity index (χ2n) is 2.66. The van der Waals surface area contributed by atoms with Gasteiger partial charge in [0.15, 0.2) is 0 Å². The molecule has 3 heteroatoms. The lowest BCUT2D eigenvalue weighted by Gasteiger charge is -2.09. The van der Waals surface area contributed by atoms with E-state index in [2.05, 4.69) is 27.2 Å². The minimum absolute atomic E-state index is 0.171. The van der Waals surface area contributed by atoms with Crippen molar-refractivity contribution in [2.45, 2.75) is 13.0 Å². The molecular formula is C10H9BrFN. The maximum absolute atomic E-state index is 13.2. The third kappa shape index (κ3) is 2.74. The molecule has 0 aromatic heterocycles. The van der Waals surface area contributed by atoms with Crippen LogP contribution in [0.3, 0.4) is 0 Å². The predicted molar refractivity (Wildman–Crippen MR) is 56.0 cm³/mol. The van der Waals surface area contributed by atoms with Crippen LogP contribution in [-0.2, 0) is 0 Å². The molecule has 68 valence electrons. The topological polar surface area (TPSA) is 12.0 Å². The summed E-state index contributed by atoms with van der Waals surface area (Å²) < 4.78 is 13.9. The van der Waals surface area contributed by atoms with Crippen molar-refractivity contribution in [3.05, 3.63) is 28.5 Å². The maximum Gasteiger partial charge on any atom is 0.147 e. The summed E-state index contributed by atoms with van der Waals surface area (Å²) in [7, 11) is 0. The predicted octanol–water partition coefficient (Wildman–Crippen LogP) is 3.02. The van der Waals surface area contributed by atoms with Gasteiger partial charge in [-0.1, -0.05) is 21.9 Å². The largest absolute Gasteiger partial charge is 0.369 e. The van der Waals surface area contributed by atoms with Crippen LogP contribution in [0.1, 0.15) is 6.92 Å².